The van der Waals surface area contributed by atoms with Gasteiger partial charge in [0.1, 0.15) is 23.2 Å². The first kappa shape index (κ1) is 44.3. The van der Waals surface area contributed by atoms with E-state index in [0.29, 0.717) is 11.3 Å². The van der Waals surface area contributed by atoms with Gasteiger partial charge in [-0.25, -0.2) is 4.79 Å². The number of benzene rings is 3. The van der Waals surface area contributed by atoms with Gasteiger partial charge in [-0.3, -0.25) is 0 Å². The highest BCUT2D eigenvalue weighted by atomic mass is 16.6. The number of methoxy groups -OCH3 is 2. The summed E-state index contributed by atoms with van der Waals surface area (Å²) in [6.07, 6.45) is 15.5. The van der Waals surface area contributed by atoms with Gasteiger partial charge in [-0.2, -0.15) is 0 Å². The molecule has 60 heavy (non-hydrogen) atoms. The molecule has 3 aromatic carbocycles. The SMILES string of the molecule is COc1ccc(C(OCCN(CCO)C(=O)O[C@H]2CC[C@@]3(C)C(=CC[C@H]4[C@@H]5CC[C@H]([C@H](C)CCCC(C)C)[C@@]5(C)CC[C@@H]43)C2)(c2ccccc2)c2ccc(OC)cc2)cc1. The van der Waals surface area contributed by atoms with Gasteiger partial charge < -0.3 is 29.0 Å². The lowest BCUT2D eigenvalue weighted by atomic mass is 9.47. The molecule has 0 radical (unpaired) electrons. The summed E-state index contributed by atoms with van der Waals surface area (Å²) in [5, 5.41) is 10.1. The van der Waals surface area contributed by atoms with E-state index < -0.39 is 5.60 Å². The van der Waals surface area contributed by atoms with Crippen LogP contribution in [0.5, 0.6) is 11.5 Å². The molecule has 4 aliphatic rings. The van der Waals surface area contributed by atoms with Crippen molar-refractivity contribution in [2.24, 2.45) is 46.3 Å². The minimum Gasteiger partial charge on any atom is -0.497 e. The van der Waals surface area contributed by atoms with Gasteiger partial charge in [0, 0.05) is 19.5 Å². The average molecular weight is 820 g/mol. The van der Waals surface area contributed by atoms with Gasteiger partial charge in [-0.05, 0) is 132 Å². The Labute approximate surface area is 361 Å². The van der Waals surface area contributed by atoms with Crippen LogP contribution < -0.4 is 9.47 Å². The summed E-state index contributed by atoms with van der Waals surface area (Å²) in [6.45, 7) is 13.0. The summed E-state index contributed by atoms with van der Waals surface area (Å²) in [5.74, 6) is 6.27. The molecular weight excluding hydrogens is 747 g/mol. The largest absolute Gasteiger partial charge is 0.497 e. The van der Waals surface area contributed by atoms with Crippen LogP contribution in [-0.4, -0.2) is 62.7 Å². The lowest BCUT2D eigenvalue weighted by molar-refractivity contribution is -0.0600. The van der Waals surface area contributed by atoms with Gasteiger partial charge in [0.2, 0.25) is 0 Å². The molecule has 8 atom stereocenters. The Morgan fingerprint density at radius 1 is 0.800 bits per heavy atom. The predicted octanol–water partition coefficient (Wildman–Crippen LogP) is 11.9. The fourth-order valence-electron chi connectivity index (χ4n) is 12.8. The Hall–Kier alpha value is -3.81. The molecule has 0 spiro atoms. The Morgan fingerprint density at radius 3 is 2.07 bits per heavy atom. The summed E-state index contributed by atoms with van der Waals surface area (Å²) in [5.41, 5.74) is 3.95. The van der Waals surface area contributed by atoms with E-state index in [4.69, 9.17) is 18.9 Å². The van der Waals surface area contributed by atoms with E-state index in [0.717, 1.165) is 77.0 Å². The highest BCUT2D eigenvalue weighted by Crippen LogP contribution is 2.67. The summed E-state index contributed by atoms with van der Waals surface area (Å²) < 4.78 is 24.4. The Morgan fingerprint density at radius 2 is 1.45 bits per heavy atom. The van der Waals surface area contributed by atoms with Crippen LogP contribution in [0.15, 0.2) is 90.5 Å². The maximum atomic E-state index is 14.0. The van der Waals surface area contributed by atoms with Crippen molar-refractivity contribution in [3.63, 3.8) is 0 Å². The van der Waals surface area contributed by atoms with Crippen molar-refractivity contribution in [1.29, 1.82) is 0 Å². The lowest BCUT2D eigenvalue weighted by Crippen LogP contribution is -2.51. The smallest absolute Gasteiger partial charge is 0.410 e. The van der Waals surface area contributed by atoms with Crippen LogP contribution >= 0.6 is 0 Å². The van der Waals surface area contributed by atoms with Crippen molar-refractivity contribution in [1.82, 2.24) is 4.90 Å². The average Bonchev–Trinajstić information content (AvgIpc) is 3.62. The van der Waals surface area contributed by atoms with E-state index in [1.807, 2.05) is 66.7 Å². The Balaban J connectivity index is 1.03. The zero-order chi connectivity index (χ0) is 42.5. The van der Waals surface area contributed by atoms with Crippen LogP contribution in [-0.2, 0) is 15.1 Å². The molecule has 7 heteroatoms. The molecule has 1 amide bonds. The topological polar surface area (TPSA) is 77.5 Å². The van der Waals surface area contributed by atoms with Crippen LogP contribution in [0, 0.1) is 46.3 Å². The lowest BCUT2D eigenvalue weighted by Gasteiger charge is -2.58. The van der Waals surface area contributed by atoms with E-state index in [1.54, 1.807) is 19.1 Å². The van der Waals surface area contributed by atoms with E-state index >= 15 is 0 Å². The first-order valence-corrected chi connectivity index (χ1v) is 23.2. The van der Waals surface area contributed by atoms with Crippen molar-refractivity contribution in [2.45, 2.75) is 117 Å². The van der Waals surface area contributed by atoms with E-state index in [2.05, 4.69) is 52.8 Å². The summed E-state index contributed by atoms with van der Waals surface area (Å²) in [4.78, 5) is 15.6. The molecule has 326 valence electrons. The second-order valence-electron chi connectivity index (χ2n) is 19.6. The Bertz CT molecular complexity index is 1830. The molecule has 4 aliphatic carbocycles. The number of allylic oxidation sites excluding steroid dienone is 1. The van der Waals surface area contributed by atoms with Crippen molar-refractivity contribution < 1.29 is 28.8 Å². The molecular formula is C53H73NO6. The number of ether oxygens (including phenoxy) is 4. The maximum Gasteiger partial charge on any atom is 0.410 e. The second kappa shape index (κ2) is 19.1. The minimum atomic E-state index is -1.00. The molecule has 3 saturated carbocycles. The molecule has 0 saturated heterocycles. The maximum absolute atomic E-state index is 14.0. The third kappa shape index (κ3) is 8.77. The highest BCUT2D eigenvalue weighted by molar-refractivity contribution is 5.68. The van der Waals surface area contributed by atoms with Gasteiger partial charge in [0.05, 0.1) is 27.4 Å². The van der Waals surface area contributed by atoms with Crippen molar-refractivity contribution >= 4 is 6.09 Å². The van der Waals surface area contributed by atoms with E-state index in [9.17, 15) is 9.90 Å². The van der Waals surface area contributed by atoms with Crippen molar-refractivity contribution in [3.05, 3.63) is 107 Å². The molecule has 0 aliphatic heterocycles. The van der Waals surface area contributed by atoms with Crippen LogP contribution in [0.2, 0.25) is 0 Å². The number of hydrogen-bond acceptors (Lipinski definition) is 6. The zero-order valence-electron chi connectivity index (χ0n) is 37.7. The normalized spacial score (nSPS) is 27.9. The zero-order valence-corrected chi connectivity index (χ0v) is 37.7. The molecule has 7 nitrogen and oxygen atoms in total. The number of amides is 1. The molecule has 7 rings (SSSR count). The highest BCUT2D eigenvalue weighted by Gasteiger charge is 2.59. The molecule has 1 N–H and O–H groups in total. The molecule has 0 bridgehead atoms. The molecule has 0 unspecified atom stereocenters. The first-order chi connectivity index (χ1) is 29.0. The molecule has 0 heterocycles. The number of carbonyl (C=O) groups excluding carboxylic acids is 1. The standard InChI is InChI=1S/C53H73NO6/c1-37(2)12-11-13-38(3)47-26-27-48-46-25-20-42-36-45(28-30-51(42,4)49(46)29-31-52(47,48)5)60-50(56)54(32-34-55)33-35-59-53(39-14-9-8-10-15-39,40-16-21-43(57-6)22-17-40)41-18-23-44(58-7)24-19-41/h8-10,14-24,37-38,45-49,55H,11-13,25-36H2,1-7H3/t38-,45+,46+,47-,48+,49+,51+,52-/m1/s1. The van der Waals surface area contributed by atoms with Crippen LogP contribution in [0.25, 0.3) is 0 Å². The third-order valence-corrected chi connectivity index (χ3v) is 16.0. The van der Waals surface area contributed by atoms with Gasteiger partial charge in [-0.1, -0.05) is 120 Å². The number of fused-ring (bicyclic) bond motifs is 5. The van der Waals surface area contributed by atoms with Gasteiger partial charge in [-0.15, -0.1) is 0 Å². The van der Waals surface area contributed by atoms with Crippen molar-refractivity contribution in [2.75, 3.05) is 40.5 Å². The third-order valence-electron chi connectivity index (χ3n) is 16.0. The van der Waals surface area contributed by atoms with Gasteiger partial charge in [0.25, 0.3) is 0 Å². The fourth-order valence-corrected chi connectivity index (χ4v) is 12.8. The number of hydrogen-bond donors (Lipinski definition) is 1. The van der Waals surface area contributed by atoms with E-state index in [1.165, 1.54) is 56.9 Å². The number of carbonyl (C=O) groups is 1. The van der Waals surface area contributed by atoms with Gasteiger partial charge in [0.15, 0.2) is 0 Å². The quantitative estimate of drug-likeness (QED) is 0.108. The predicted molar refractivity (Wildman–Crippen MR) is 240 cm³/mol. The Kier molecular flexibility index (Phi) is 14.1. The van der Waals surface area contributed by atoms with Crippen LogP contribution in [0.4, 0.5) is 4.79 Å². The number of aliphatic hydroxyl groups is 1. The summed E-state index contributed by atoms with van der Waals surface area (Å²) >= 11 is 0. The molecule has 3 aromatic rings. The molecule has 0 aromatic heterocycles. The summed E-state index contributed by atoms with van der Waals surface area (Å²) in [7, 11) is 3.32. The molecule has 3 fully saturated rings. The van der Waals surface area contributed by atoms with Crippen molar-refractivity contribution in [3.8, 4) is 11.5 Å². The van der Waals surface area contributed by atoms with Gasteiger partial charge >= 0.3 is 6.09 Å². The number of nitrogens with zero attached hydrogens (tertiary/aromatic N) is 1. The minimum absolute atomic E-state index is 0.162. The van der Waals surface area contributed by atoms with E-state index in [-0.39, 0.29) is 43.9 Å². The van der Waals surface area contributed by atoms with Crippen LogP contribution in [0.3, 0.4) is 0 Å². The summed E-state index contributed by atoms with van der Waals surface area (Å²) in [6, 6.07) is 26.1. The first-order valence-electron chi connectivity index (χ1n) is 23.2. The van der Waals surface area contributed by atoms with Crippen LogP contribution in [0.1, 0.15) is 122 Å². The fraction of sp³-hybridized carbons (Fsp3) is 0.604. The number of aliphatic hydroxyl groups excluding tert-OH is 1. The second-order valence-corrected chi connectivity index (χ2v) is 19.6. The number of rotatable bonds is 17. The monoisotopic (exact) mass is 820 g/mol.